The minimum Gasteiger partial charge on any atom is -0.368 e. The first-order chi connectivity index (χ1) is 21.1. The second-order valence-electron chi connectivity index (χ2n) is 13.3. The third kappa shape index (κ3) is 31.6. The Morgan fingerprint density at radius 3 is 0.930 bits per heavy atom. The summed E-state index contributed by atoms with van der Waals surface area (Å²) < 4.78 is 12.3. The summed E-state index contributed by atoms with van der Waals surface area (Å²) in [5.41, 5.74) is 0. The molecule has 43 heavy (non-hydrogen) atoms. The van der Waals surface area contributed by atoms with Crippen LogP contribution in [0.1, 0.15) is 207 Å². The van der Waals surface area contributed by atoms with Crippen LogP contribution in [0.3, 0.4) is 0 Å². The zero-order chi connectivity index (χ0) is 31.6. The monoisotopic (exact) mass is 614 g/mol. The fourth-order valence-electron chi connectivity index (χ4n) is 5.97. The molecule has 5 nitrogen and oxygen atoms in total. The molecule has 0 amide bonds. The Hall–Kier alpha value is -0.200. The van der Waals surface area contributed by atoms with Crippen molar-refractivity contribution in [2.24, 2.45) is 0 Å². The van der Waals surface area contributed by atoms with Gasteiger partial charge in [-0.25, -0.2) is 0 Å². The smallest absolute Gasteiger partial charge is 0.154 e. The van der Waals surface area contributed by atoms with Crippen LogP contribution in [-0.2, 0) is 9.47 Å². The van der Waals surface area contributed by atoms with Gasteiger partial charge in [0, 0.05) is 0 Å². The van der Waals surface area contributed by atoms with E-state index in [-0.39, 0.29) is 12.2 Å². The largest absolute Gasteiger partial charge is 0.368 e. The molecule has 2 atom stereocenters. The van der Waals surface area contributed by atoms with Crippen molar-refractivity contribution in [3.63, 3.8) is 0 Å². The summed E-state index contributed by atoms with van der Waals surface area (Å²) in [4.78, 5) is 0. The Balaban J connectivity index is 4.16. The molecule has 0 heterocycles. The fourth-order valence-corrected chi connectivity index (χ4v) is 5.97. The van der Waals surface area contributed by atoms with Crippen molar-refractivity contribution < 1.29 is 19.7 Å². The van der Waals surface area contributed by atoms with Gasteiger partial charge in [0.15, 0.2) is 12.6 Å². The van der Waals surface area contributed by atoms with Crippen molar-refractivity contribution in [3.8, 4) is 0 Å². The van der Waals surface area contributed by atoms with E-state index < -0.39 is 12.6 Å². The van der Waals surface area contributed by atoms with Gasteiger partial charge in [0.25, 0.3) is 0 Å². The average Bonchev–Trinajstić information content (AvgIpc) is 2.99. The van der Waals surface area contributed by atoms with Gasteiger partial charge in [-0.15, -0.1) is 0 Å². The summed E-state index contributed by atoms with van der Waals surface area (Å²) in [6.07, 6.45) is 32.2. The van der Waals surface area contributed by atoms with E-state index in [1.54, 1.807) is 0 Å². The highest BCUT2D eigenvalue weighted by Gasteiger charge is 2.16. The van der Waals surface area contributed by atoms with Crippen LogP contribution in [0, 0.1) is 0 Å². The van der Waals surface area contributed by atoms with E-state index >= 15 is 0 Å². The highest BCUT2D eigenvalue weighted by atomic mass is 16.6. The summed E-state index contributed by atoms with van der Waals surface area (Å²) >= 11 is 0. The SMILES string of the molecule is CCCCCCCC(CCCCCCC)OC(O)CCCNCCCC(O)OC(CCCCCCC)CCCCCCC. The summed E-state index contributed by atoms with van der Waals surface area (Å²) in [7, 11) is 0. The second-order valence-corrected chi connectivity index (χ2v) is 13.3. The summed E-state index contributed by atoms with van der Waals surface area (Å²) in [5.74, 6) is 0. The van der Waals surface area contributed by atoms with Gasteiger partial charge < -0.3 is 25.0 Å². The quantitative estimate of drug-likeness (QED) is 0.0484. The van der Waals surface area contributed by atoms with Gasteiger partial charge in [-0.3, -0.25) is 0 Å². The van der Waals surface area contributed by atoms with E-state index in [4.69, 9.17) is 9.47 Å². The maximum absolute atomic E-state index is 10.6. The highest BCUT2D eigenvalue weighted by Crippen LogP contribution is 2.20. The van der Waals surface area contributed by atoms with Gasteiger partial charge in [0.2, 0.25) is 0 Å². The molecule has 0 radical (unpaired) electrons. The number of aliphatic hydroxyl groups is 2. The predicted molar refractivity (Wildman–Crippen MR) is 187 cm³/mol. The fraction of sp³-hybridized carbons (Fsp3) is 1.00. The highest BCUT2D eigenvalue weighted by molar-refractivity contribution is 4.64. The molecule has 0 rings (SSSR count). The third-order valence-corrected chi connectivity index (χ3v) is 8.83. The third-order valence-electron chi connectivity index (χ3n) is 8.83. The van der Waals surface area contributed by atoms with Crippen LogP contribution in [0.15, 0.2) is 0 Å². The molecule has 0 aromatic carbocycles. The molecule has 0 aliphatic rings. The van der Waals surface area contributed by atoms with E-state index in [9.17, 15) is 10.2 Å². The molecule has 0 aliphatic carbocycles. The lowest BCUT2D eigenvalue weighted by atomic mass is 10.0. The minimum absolute atomic E-state index is 0.198. The predicted octanol–water partition coefficient (Wildman–Crippen LogP) is 11.0. The number of nitrogens with one attached hydrogen (secondary N) is 1. The Kier molecular flexibility index (Phi) is 34.5. The lowest BCUT2D eigenvalue weighted by Gasteiger charge is -2.22. The molecule has 5 heteroatoms. The molecule has 0 saturated heterocycles. The van der Waals surface area contributed by atoms with Crippen molar-refractivity contribution in [2.45, 2.75) is 232 Å². The van der Waals surface area contributed by atoms with Gasteiger partial charge in [-0.05, 0) is 64.5 Å². The van der Waals surface area contributed by atoms with E-state index in [0.29, 0.717) is 12.8 Å². The van der Waals surface area contributed by atoms with E-state index in [2.05, 4.69) is 33.0 Å². The Morgan fingerprint density at radius 2 is 0.651 bits per heavy atom. The average molecular weight is 614 g/mol. The van der Waals surface area contributed by atoms with Crippen LogP contribution in [0.4, 0.5) is 0 Å². The Bertz CT molecular complexity index is 448. The molecule has 0 aromatic rings. The first-order valence-electron chi connectivity index (χ1n) is 19.4. The van der Waals surface area contributed by atoms with Gasteiger partial charge >= 0.3 is 0 Å². The van der Waals surface area contributed by atoms with E-state index in [1.807, 2.05) is 0 Å². The molecular formula is C38H79NO4. The summed E-state index contributed by atoms with van der Waals surface area (Å²) in [6.45, 7) is 10.8. The molecule has 0 saturated carbocycles. The molecule has 0 spiro atoms. The lowest BCUT2D eigenvalue weighted by molar-refractivity contribution is -0.144. The summed E-state index contributed by atoms with van der Waals surface area (Å²) in [5, 5.41) is 24.6. The number of rotatable bonds is 36. The zero-order valence-electron chi connectivity index (χ0n) is 29.7. The van der Waals surface area contributed by atoms with Gasteiger partial charge in [-0.2, -0.15) is 0 Å². The molecule has 0 aliphatic heterocycles. The first kappa shape index (κ1) is 42.8. The number of hydrogen-bond acceptors (Lipinski definition) is 5. The number of hydrogen-bond donors (Lipinski definition) is 3. The molecule has 0 aromatic heterocycles. The molecule has 2 unspecified atom stereocenters. The maximum atomic E-state index is 10.6. The lowest BCUT2D eigenvalue weighted by Crippen LogP contribution is -2.25. The first-order valence-corrected chi connectivity index (χ1v) is 19.4. The number of ether oxygens (including phenoxy) is 2. The standard InChI is InChI=1S/C38H79NO4/c1-5-9-13-17-21-27-35(28-22-18-14-10-6-2)42-37(40)31-25-33-39-34-26-32-38(41)43-36(29-23-19-15-11-7-3)30-24-20-16-12-8-4/h35-41H,5-34H2,1-4H3. The van der Waals surface area contributed by atoms with Crippen LogP contribution >= 0.6 is 0 Å². The topological polar surface area (TPSA) is 71.0 Å². The van der Waals surface area contributed by atoms with E-state index in [0.717, 1.165) is 51.6 Å². The Labute approximate surface area is 270 Å². The van der Waals surface area contributed by atoms with Crippen LogP contribution in [0.2, 0.25) is 0 Å². The number of unbranched alkanes of at least 4 members (excludes halogenated alkanes) is 16. The molecule has 260 valence electrons. The minimum atomic E-state index is -0.658. The molecular weight excluding hydrogens is 534 g/mol. The molecule has 0 fully saturated rings. The van der Waals surface area contributed by atoms with Gasteiger partial charge in [-0.1, -0.05) is 156 Å². The number of aliphatic hydroxyl groups excluding tert-OH is 2. The second kappa shape index (κ2) is 34.7. The molecule has 3 N–H and O–H groups in total. The van der Waals surface area contributed by atoms with Crippen molar-refractivity contribution in [2.75, 3.05) is 13.1 Å². The van der Waals surface area contributed by atoms with Crippen LogP contribution in [0.25, 0.3) is 0 Å². The normalized spacial score (nSPS) is 13.4. The van der Waals surface area contributed by atoms with Gasteiger partial charge in [0.1, 0.15) is 0 Å². The molecule has 0 bridgehead atoms. The van der Waals surface area contributed by atoms with Crippen molar-refractivity contribution >= 4 is 0 Å². The summed E-state index contributed by atoms with van der Waals surface area (Å²) in [6, 6.07) is 0. The van der Waals surface area contributed by atoms with Crippen molar-refractivity contribution in [1.29, 1.82) is 0 Å². The van der Waals surface area contributed by atoms with Crippen LogP contribution in [0.5, 0.6) is 0 Å². The van der Waals surface area contributed by atoms with Crippen molar-refractivity contribution in [1.82, 2.24) is 5.32 Å². The zero-order valence-corrected chi connectivity index (χ0v) is 29.7. The van der Waals surface area contributed by atoms with Gasteiger partial charge in [0.05, 0.1) is 12.2 Å². The van der Waals surface area contributed by atoms with E-state index in [1.165, 1.54) is 128 Å². The Morgan fingerprint density at radius 1 is 0.372 bits per heavy atom. The van der Waals surface area contributed by atoms with Crippen LogP contribution in [-0.4, -0.2) is 48.1 Å². The maximum Gasteiger partial charge on any atom is 0.154 e. The van der Waals surface area contributed by atoms with Crippen molar-refractivity contribution in [3.05, 3.63) is 0 Å². The van der Waals surface area contributed by atoms with Crippen LogP contribution < -0.4 is 5.32 Å².